The molecule has 1 atom stereocenters. The van der Waals surface area contributed by atoms with E-state index < -0.39 is 21.5 Å². The standard InChI is InChI=1S/C20H30N2O4S/c1-4-20(2,3)19(24)21-15-11-14-7-5-9-17(14)18(12-15)27(25,26)22-10-6-8-16(23)13-22/h11-12,16,23H,4-10,13H2,1-3H3,(H,21,24). The maximum atomic E-state index is 13.3. The Morgan fingerprint density at radius 1 is 1.30 bits per heavy atom. The Bertz CT molecular complexity index is 833. The molecule has 0 aromatic heterocycles. The van der Waals surface area contributed by atoms with Gasteiger partial charge in [0.05, 0.1) is 11.0 Å². The van der Waals surface area contributed by atoms with E-state index in [1.54, 1.807) is 6.07 Å². The number of sulfonamides is 1. The van der Waals surface area contributed by atoms with Crippen LogP contribution < -0.4 is 5.32 Å². The highest BCUT2D eigenvalue weighted by Crippen LogP contribution is 2.35. The van der Waals surface area contributed by atoms with Gasteiger partial charge in [-0.1, -0.05) is 20.8 Å². The van der Waals surface area contributed by atoms with Crippen molar-refractivity contribution >= 4 is 21.6 Å². The topological polar surface area (TPSA) is 86.7 Å². The maximum absolute atomic E-state index is 13.3. The number of carbonyl (C=O) groups is 1. The first-order valence-electron chi connectivity index (χ1n) is 9.80. The molecule has 150 valence electrons. The third-order valence-corrected chi connectivity index (χ3v) is 7.84. The second kappa shape index (κ2) is 7.53. The van der Waals surface area contributed by atoms with E-state index in [1.165, 1.54) is 4.31 Å². The van der Waals surface area contributed by atoms with E-state index in [2.05, 4.69) is 5.32 Å². The number of nitrogens with zero attached hydrogens (tertiary/aromatic N) is 1. The summed E-state index contributed by atoms with van der Waals surface area (Å²) in [7, 11) is -3.70. The highest BCUT2D eigenvalue weighted by Gasteiger charge is 2.34. The Balaban J connectivity index is 1.98. The van der Waals surface area contributed by atoms with Crippen molar-refractivity contribution in [2.75, 3.05) is 18.4 Å². The molecule has 27 heavy (non-hydrogen) atoms. The molecule has 1 aliphatic carbocycles. The zero-order valence-electron chi connectivity index (χ0n) is 16.4. The Kier molecular flexibility index (Phi) is 5.66. The number of aryl methyl sites for hydroxylation is 1. The van der Waals surface area contributed by atoms with Gasteiger partial charge in [-0.05, 0) is 61.8 Å². The molecule has 0 radical (unpaired) electrons. The largest absolute Gasteiger partial charge is 0.392 e. The van der Waals surface area contributed by atoms with Gasteiger partial charge in [-0.2, -0.15) is 4.31 Å². The van der Waals surface area contributed by atoms with Crippen molar-refractivity contribution < 1.29 is 18.3 Å². The molecule has 2 aliphatic rings. The molecular weight excluding hydrogens is 364 g/mol. The van der Waals surface area contributed by atoms with Crippen LogP contribution in [0.25, 0.3) is 0 Å². The normalized spacial score (nSPS) is 21.1. The SMILES string of the molecule is CCC(C)(C)C(=O)Nc1cc2c(c(S(=O)(=O)N3CCCC(O)C3)c1)CCC2. The van der Waals surface area contributed by atoms with E-state index in [4.69, 9.17) is 0 Å². The number of piperidine rings is 1. The average molecular weight is 395 g/mol. The Morgan fingerprint density at radius 3 is 2.70 bits per heavy atom. The summed E-state index contributed by atoms with van der Waals surface area (Å²) >= 11 is 0. The number of fused-ring (bicyclic) bond motifs is 1. The highest BCUT2D eigenvalue weighted by atomic mass is 32.2. The number of hydrogen-bond donors (Lipinski definition) is 2. The lowest BCUT2D eigenvalue weighted by atomic mass is 9.89. The number of anilines is 1. The van der Waals surface area contributed by atoms with Crippen LogP contribution in [0.2, 0.25) is 0 Å². The smallest absolute Gasteiger partial charge is 0.243 e. The number of hydrogen-bond acceptors (Lipinski definition) is 4. The van der Waals surface area contributed by atoms with Crippen molar-refractivity contribution in [3.8, 4) is 0 Å². The molecular formula is C20H30N2O4S. The van der Waals surface area contributed by atoms with E-state index in [9.17, 15) is 18.3 Å². The molecule has 0 bridgehead atoms. The summed E-state index contributed by atoms with van der Waals surface area (Å²) in [5.74, 6) is -0.111. The molecule has 2 N–H and O–H groups in total. The van der Waals surface area contributed by atoms with Gasteiger partial charge in [0.25, 0.3) is 0 Å². The first kappa shape index (κ1) is 20.3. The Labute approximate surface area is 162 Å². The molecule has 1 aliphatic heterocycles. The molecule has 7 heteroatoms. The number of aliphatic hydroxyl groups is 1. The zero-order valence-corrected chi connectivity index (χ0v) is 17.2. The molecule has 1 unspecified atom stereocenters. The van der Waals surface area contributed by atoms with Crippen LogP contribution in [0.3, 0.4) is 0 Å². The van der Waals surface area contributed by atoms with E-state index in [0.29, 0.717) is 31.5 Å². The van der Waals surface area contributed by atoms with E-state index in [-0.39, 0.29) is 17.3 Å². The molecule has 1 aromatic rings. The fourth-order valence-electron chi connectivity index (χ4n) is 3.71. The fourth-order valence-corrected chi connectivity index (χ4v) is 5.54. The summed E-state index contributed by atoms with van der Waals surface area (Å²) in [6.07, 6.45) is 3.83. The quantitative estimate of drug-likeness (QED) is 0.804. The van der Waals surface area contributed by atoms with Crippen LogP contribution in [-0.4, -0.2) is 42.9 Å². The van der Waals surface area contributed by atoms with Gasteiger partial charge in [0.2, 0.25) is 15.9 Å². The second-order valence-electron chi connectivity index (χ2n) is 8.32. The van der Waals surface area contributed by atoms with Crippen molar-refractivity contribution in [1.82, 2.24) is 4.31 Å². The van der Waals surface area contributed by atoms with Crippen molar-refractivity contribution in [1.29, 1.82) is 0 Å². The van der Waals surface area contributed by atoms with Crippen LogP contribution in [0, 0.1) is 5.41 Å². The summed E-state index contributed by atoms with van der Waals surface area (Å²) < 4.78 is 28.0. The summed E-state index contributed by atoms with van der Waals surface area (Å²) in [5, 5.41) is 12.8. The van der Waals surface area contributed by atoms with Gasteiger partial charge < -0.3 is 10.4 Å². The lowest BCUT2D eigenvalue weighted by Crippen LogP contribution is -2.42. The van der Waals surface area contributed by atoms with Gasteiger partial charge in [0.1, 0.15) is 0 Å². The van der Waals surface area contributed by atoms with Crippen molar-refractivity contribution in [2.45, 2.75) is 70.3 Å². The van der Waals surface area contributed by atoms with Crippen LogP contribution in [0.4, 0.5) is 5.69 Å². The molecule has 1 saturated heterocycles. The predicted molar refractivity (Wildman–Crippen MR) is 105 cm³/mol. The number of β-amino-alcohol motifs (C(OH)–C–C–N with tert-alkyl or cyclic N) is 1. The minimum Gasteiger partial charge on any atom is -0.392 e. The first-order chi connectivity index (χ1) is 12.6. The highest BCUT2D eigenvalue weighted by molar-refractivity contribution is 7.89. The first-order valence-corrected chi connectivity index (χ1v) is 11.2. The fraction of sp³-hybridized carbons (Fsp3) is 0.650. The molecule has 0 saturated carbocycles. The van der Waals surface area contributed by atoms with Gasteiger partial charge in [0, 0.05) is 24.2 Å². The second-order valence-corrected chi connectivity index (χ2v) is 10.2. The van der Waals surface area contributed by atoms with Crippen molar-refractivity contribution in [2.24, 2.45) is 5.41 Å². The van der Waals surface area contributed by atoms with Crippen LogP contribution in [0.5, 0.6) is 0 Å². The van der Waals surface area contributed by atoms with Crippen LogP contribution >= 0.6 is 0 Å². The van der Waals surface area contributed by atoms with Gasteiger partial charge >= 0.3 is 0 Å². The third-order valence-electron chi connectivity index (χ3n) is 5.91. The number of rotatable bonds is 5. The Hall–Kier alpha value is -1.44. The van der Waals surface area contributed by atoms with Gasteiger partial charge in [-0.15, -0.1) is 0 Å². The van der Waals surface area contributed by atoms with Crippen LogP contribution in [-0.2, 0) is 27.7 Å². The van der Waals surface area contributed by atoms with Crippen LogP contribution in [0.1, 0.15) is 57.6 Å². The predicted octanol–water partition coefficient (Wildman–Crippen LogP) is 2.70. The minimum atomic E-state index is -3.70. The summed E-state index contributed by atoms with van der Waals surface area (Å²) in [4.78, 5) is 12.9. The molecule has 6 nitrogen and oxygen atoms in total. The summed E-state index contributed by atoms with van der Waals surface area (Å²) in [6, 6.07) is 3.51. The number of aliphatic hydroxyl groups excluding tert-OH is 1. The molecule has 3 rings (SSSR count). The Morgan fingerprint density at radius 2 is 2.04 bits per heavy atom. The van der Waals surface area contributed by atoms with Gasteiger partial charge in [-0.25, -0.2) is 8.42 Å². The number of nitrogens with one attached hydrogen (secondary N) is 1. The lowest BCUT2D eigenvalue weighted by molar-refractivity contribution is -0.124. The van der Waals surface area contributed by atoms with E-state index in [0.717, 1.165) is 30.4 Å². The number of amides is 1. The molecule has 0 spiro atoms. The number of benzene rings is 1. The van der Waals surface area contributed by atoms with Crippen molar-refractivity contribution in [3.05, 3.63) is 23.3 Å². The molecule has 1 amide bonds. The average Bonchev–Trinajstić information content (AvgIpc) is 3.09. The van der Waals surface area contributed by atoms with Gasteiger partial charge in [-0.3, -0.25) is 4.79 Å². The third kappa shape index (κ3) is 4.05. The summed E-state index contributed by atoms with van der Waals surface area (Å²) in [5.41, 5.74) is 1.88. The maximum Gasteiger partial charge on any atom is 0.243 e. The lowest BCUT2D eigenvalue weighted by Gasteiger charge is -2.30. The molecule has 1 heterocycles. The monoisotopic (exact) mass is 394 g/mol. The van der Waals surface area contributed by atoms with Crippen LogP contribution in [0.15, 0.2) is 17.0 Å². The minimum absolute atomic E-state index is 0.111. The van der Waals surface area contributed by atoms with E-state index in [1.807, 2.05) is 26.8 Å². The molecule has 1 aromatic carbocycles. The summed E-state index contributed by atoms with van der Waals surface area (Å²) in [6.45, 7) is 6.27. The zero-order chi connectivity index (χ0) is 19.8. The van der Waals surface area contributed by atoms with Crippen molar-refractivity contribution in [3.63, 3.8) is 0 Å². The van der Waals surface area contributed by atoms with Gasteiger partial charge in [0.15, 0.2) is 0 Å². The molecule has 1 fully saturated rings. The van der Waals surface area contributed by atoms with E-state index >= 15 is 0 Å². The number of carbonyl (C=O) groups excluding carboxylic acids is 1.